The third-order valence-corrected chi connectivity index (χ3v) is 6.80. The largest absolute Gasteiger partial charge is 0.313 e. The van der Waals surface area contributed by atoms with Crippen molar-refractivity contribution in [2.45, 2.75) is 77.8 Å². The molecule has 5 unspecified atom stereocenters. The van der Waals surface area contributed by atoms with Crippen LogP contribution in [0.1, 0.15) is 65.7 Å². The van der Waals surface area contributed by atoms with Gasteiger partial charge >= 0.3 is 0 Å². The van der Waals surface area contributed by atoms with Crippen molar-refractivity contribution in [3.8, 4) is 0 Å². The van der Waals surface area contributed by atoms with Crippen LogP contribution in [0.4, 0.5) is 0 Å². The number of likely N-dealkylation sites (N-methyl/N-ethyl adjacent to an activating group) is 2. The van der Waals surface area contributed by atoms with Gasteiger partial charge in [-0.15, -0.1) is 0 Å². The molecule has 0 aromatic rings. The number of hydrogen-bond acceptors (Lipinski definition) is 2. The monoisotopic (exact) mass is 292 g/mol. The van der Waals surface area contributed by atoms with Crippen LogP contribution in [0.3, 0.4) is 0 Å². The minimum Gasteiger partial charge on any atom is -0.313 e. The Balaban J connectivity index is 1.61. The highest BCUT2D eigenvalue weighted by Gasteiger charge is 2.42. The van der Waals surface area contributed by atoms with Crippen LogP contribution in [-0.2, 0) is 0 Å². The molecule has 1 N–H and O–H groups in total. The average molecular weight is 293 g/mol. The van der Waals surface area contributed by atoms with E-state index in [9.17, 15) is 0 Å². The van der Waals surface area contributed by atoms with Crippen LogP contribution < -0.4 is 5.32 Å². The van der Waals surface area contributed by atoms with Gasteiger partial charge in [0.15, 0.2) is 0 Å². The predicted octanol–water partition coefficient (Wildman–Crippen LogP) is 3.91. The van der Waals surface area contributed by atoms with Crippen molar-refractivity contribution >= 4 is 0 Å². The molecule has 3 aliphatic rings. The number of hydrogen-bond donors (Lipinski definition) is 1. The quantitative estimate of drug-likeness (QED) is 0.826. The summed E-state index contributed by atoms with van der Waals surface area (Å²) in [5, 5.41) is 3.77. The molecule has 0 aromatic carbocycles. The highest BCUT2D eigenvalue weighted by Crippen LogP contribution is 2.49. The zero-order valence-electron chi connectivity index (χ0n) is 14.7. The van der Waals surface area contributed by atoms with Gasteiger partial charge in [0.1, 0.15) is 0 Å². The fourth-order valence-electron chi connectivity index (χ4n) is 5.62. The van der Waals surface area contributed by atoms with E-state index in [2.05, 4.69) is 38.0 Å². The van der Waals surface area contributed by atoms with Crippen molar-refractivity contribution in [3.05, 3.63) is 0 Å². The van der Waals surface area contributed by atoms with Crippen molar-refractivity contribution in [2.75, 3.05) is 20.1 Å². The number of fused-ring (bicyclic) bond motifs is 2. The molecule has 3 saturated carbocycles. The fourth-order valence-corrected chi connectivity index (χ4v) is 5.62. The Morgan fingerprint density at radius 2 is 1.95 bits per heavy atom. The van der Waals surface area contributed by atoms with Gasteiger partial charge in [0.2, 0.25) is 0 Å². The van der Waals surface area contributed by atoms with E-state index in [0.29, 0.717) is 11.5 Å². The molecule has 0 heterocycles. The molecule has 0 spiro atoms. The SMILES string of the molecule is CCNC1CCC(C)(C)CC1N(C)CC1CC2CCC1C2. The Hall–Kier alpha value is -0.0800. The third kappa shape index (κ3) is 3.47. The molecule has 2 heteroatoms. The minimum atomic E-state index is 0.527. The molecule has 5 atom stereocenters. The van der Waals surface area contributed by atoms with Crippen LogP contribution in [-0.4, -0.2) is 37.1 Å². The lowest BCUT2D eigenvalue weighted by Crippen LogP contribution is -2.54. The Morgan fingerprint density at radius 3 is 2.57 bits per heavy atom. The van der Waals surface area contributed by atoms with E-state index in [1.54, 1.807) is 6.42 Å². The standard InChI is InChI=1S/C19H36N2/c1-5-20-17-8-9-19(2,3)12-18(17)21(4)13-16-11-14-6-7-15(16)10-14/h14-18,20H,5-13H2,1-4H3. The van der Waals surface area contributed by atoms with Crippen LogP contribution >= 0.6 is 0 Å². The first-order chi connectivity index (χ1) is 9.98. The lowest BCUT2D eigenvalue weighted by Gasteiger charge is -2.46. The molecule has 122 valence electrons. The maximum absolute atomic E-state index is 3.77. The van der Waals surface area contributed by atoms with Crippen molar-refractivity contribution in [1.29, 1.82) is 0 Å². The van der Waals surface area contributed by atoms with Gasteiger partial charge in [-0.05, 0) is 75.3 Å². The molecule has 0 aromatic heterocycles. The summed E-state index contributed by atoms with van der Waals surface area (Å²) >= 11 is 0. The molecule has 0 amide bonds. The summed E-state index contributed by atoms with van der Waals surface area (Å²) < 4.78 is 0. The first-order valence-electron chi connectivity index (χ1n) is 9.42. The van der Waals surface area contributed by atoms with Gasteiger partial charge in [-0.2, -0.15) is 0 Å². The Morgan fingerprint density at radius 1 is 1.14 bits per heavy atom. The average Bonchev–Trinajstić information content (AvgIpc) is 3.03. The second-order valence-electron chi connectivity index (χ2n) is 9.01. The van der Waals surface area contributed by atoms with Gasteiger partial charge in [-0.25, -0.2) is 0 Å². The summed E-state index contributed by atoms with van der Waals surface area (Å²) in [5.41, 5.74) is 0.527. The number of nitrogens with zero attached hydrogens (tertiary/aromatic N) is 1. The zero-order chi connectivity index (χ0) is 15.0. The maximum Gasteiger partial charge on any atom is 0.0251 e. The summed E-state index contributed by atoms with van der Waals surface area (Å²) in [4.78, 5) is 2.74. The van der Waals surface area contributed by atoms with Crippen LogP contribution in [0.5, 0.6) is 0 Å². The van der Waals surface area contributed by atoms with Gasteiger partial charge < -0.3 is 10.2 Å². The molecular formula is C19H36N2. The summed E-state index contributed by atoms with van der Waals surface area (Å²) in [6, 6.07) is 1.46. The first-order valence-corrected chi connectivity index (χ1v) is 9.42. The lowest BCUT2D eigenvalue weighted by atomic mass is 9.72. The molecule has 3 fully saturated rings. The van der Waals surface area contributed by atoms with E-state index in [0.717, 1.165) is 30.3 Å². The highest BCUT2D eigenvalue weighted by molar-refractivity contribution is 4.96. The molecular weight excluding hydrogens is 256 g/mol. The Bertz CT molecular complexity index is 351. The minimum absolute atomic E-state index is 0.527. The van der Waals surface area contributed by atoms with Crippen LogP contribution in [0.25, 0.3) is 0 Å². The molecule has 3 aliphatic carbocycles. The van der Waals surface area contributed by atoms with E-state index >= 15 is 0 Å². The van der Waals surface area contributed by atoms with Crippen LogP contribution in [0, 0.1) is 23.2 Å². The fraction of sp³-hybridized carbons (Fsp3) is 1.00. The van der Waals surface area contributed by atoms with E-state index in [4.69, 9.17) is 0 Å². The summed E-state index contributed by atoms with van der Waals surface area (Å²) in [7, 11) is 2.41. The van der Waals surface area contributed by atoms with Crippen molar-refractivity contribution in [3.63, 3.8) is 0 Å². The van der Waals surface area contributed by atoms with Gasteiger partial charge in [-0.3, -0.25) is 0 Å². The molecule has 0 saturated heterocycles. The summed E-state index contributed by atoms with van der Waals surface area (Å²) in [5.74, 6) is 3.15. The second-order valence-corrected chi connectivity index (χ2v) is 9.01. The van der Waals surface area contributed by atoms with Crippen molar-refractivity contribution < 1.29 is 0 Å². The highest BCUT2D eigenvalue weighted by atomic mass is 15.2. The third-order valence-electron chi connectivity index (χ3n) is 6.80. The zero-order valence-corrected chi connectivity index (χ0v) is 14.7. The maximum atomic E-state index is 3.77. The number of rotatable bonds is 5. The Labute approximate surface area is 132 Å². The molecule has 0 radical (unpaired) electrons. The van der Waals surface area contributed by atoms with Crippen molar-refractivity contribution in [1.82, 2.24) is 10.2 Å². The smallest absolute Gasteiger partial charge is 0.0251 e. The van der Waals surface area contributed by atoms with Crippen molar-refractivity contribution in [2.24, 2.45) is 23.2 Å². The Kier molecular flexibility index (Phi) is 4.66. The van der Waals surface area contributed by atoms with E-state index in [1.165, 1.54) is 45.1 Å². The van der Waals surface area contributed by atoms with Gasteiger partial charge in [0.25, 0.3) is 0 Å². The van der Waals surface area contributed by atoms with E-state index < -0.39 is 0 Å². The predicted molar refractivity (Wildman–Crippen MR) is 90.5 cm³/mol. The van der Waals surface area contributed by atoms with Crippen LogP contribution in [0.2, 0.25) is 0 Å². The van der Waals surface area contributed by atoms with Gasteiger partial charge in [0, 0.05) is 18.6 Å². The molecule has 3 rings (SSSR count). The summed E-state index contributed by atoms with van der Waals surface area (Å²) in [6.45, 7) is 9.65. The number of nitrogens with one attached hydrogen (secondary N) is 1. The summed E-state index contributed by atoms with van der Waals surface area (Å²) in [6.07, 6.45) is 10.2. The first kappa shape index (κ1) is 15.8. The van der Waals surface area contributed by atoms with Gasteiger partial charge in [-0.1, -0.05) is 27.2 Å². The normalized spacial score (nSPS) is 41.9. The van der Waals surface area contributed by atoms with Crippen LogP contribution in [0.15, 0.2) is 0 Å². The molecule has 0 aliphatic heterocycles. The molecule has 2 bridgehead atoms. The van der Waals surface area contributed by atoms with E-state index in [-0.39, 0.29) is 0 Å². The lowest BCUT2D eigenvalue weighted by molar-refractivity contribution is 0.0653. The van der Waals surface area contributed by atoms with Gasteiger partial charge in [0.05, 0.1) is 0 Å². The molecule has 2 nitrogen and oxygen atoms in total. The second kappa shape index (κ2) is 6.20. The topological polar surface area (TPSA) is 15.3 Å². The van der Waals surface area contributed by atoms with E-state index in [1.807, 2.05) is 0 Å². The molecule has 21 heavy (non-hydrogen) atoms.